The van der Waals surface area contributed by atoms with Crippen molar-refractivity contribution in [3.05, 3.63) is 85.6 Å². The zero-order valence-electron chi connectivity index (χ0n) is 13.3. The summed E-state index contributed by atoms with van der Waals surface area (Å²) in [4.78, 5) is 0. The molecule has 0 aromatic heterocycles. The molecule has 0 aliphatic rings. The van der Waals surface area contributed by atoms with Crippen LogP contribution in [-0.2, 0) is 20.8 Å². The van der Waals surface area contributed by atoms with Gasteiger partial charge >= 0.3 is 37.9 Å². The number of aliphatic hydroxyl groups is 2. The Kier molecular flexibility index (Phi) is 22.3. The predicted molar refractivity (Wildman–Crippen MR) is 96.8 cm³/mol. The van der Waals surface area contributed by atoms with Gasteiger partial charge in [-0.3, -0.25) is 0 Å². The van der Waals surface area contributed by atoms with Gasteiger partial charge in [-0.25, -0.2) is 0 Å². The first-order valence-corrected chi connectivity index (χ1v) is 13.3. The minimum absolute atomic E-state index is 0.826. The molecule has 0 atom stereocenters. The van der Waals surface area contributed by atoms with Crippen molar-refractivity contribution in [1.29, 1.82) is 0 Å². The van der Waals surface area contributed by atoms with Crippen LogP contribution in [0.2, 0.25) is 0 Å². The van der Waals surface area contributed by atoms with Gasteiger partial charge in [0.2, 0.25) is 0 Å². The Balaban J connectivity index is 0. The second-order valence-corrected chi connectivity index (χ2v) is 7.63. The third kappa shape index (κ3) is 21.9. The molecule has 2 aromatic rings. The number of rotatable bonds is 2. The number of benzene rings is 2. The van der Waals surface area contributed by atoms with Gasteiger partial charge in [0, 0.05) is 13.8 Å². The van der Waals surface area contributed by atoms with E-state index in [1.54, 1.807) is 0 Å². The molecule has 4 heteroatoms. The summed E-state index contributed by atoms with van der Waals surface area (Å²) in [5.41, 5.74) is 2.14. The van der Waals surface area contributed by atoms with Crippen LogP contribution >= 0.6 is 17.0 Å². The van der Waals surface area contributed by atoms with Crippen molar-refractivity contribution >= 4 is 17.0 Å². The van der Waals surface area contributed by atoms with E-state index in [4.69, 9.17) is 17.0 Å². The topological polar surface area (TPSA) is 12.8 Å². The number of halogens is 2. The first-order valence-electron chi connectivity index (χ1n) is 6.95. The quantitative estimate of drug-likeness (QED) is 0.440. The Hall–Kier alpha value is -0.397. The van der Waals surface area contributed by atoms with Crippen molar-refractivity contribution in [2.75, 3.05) is 13.2 Å². The second-order valence-electron chi connectivity index (χ2n) is 3.90. The van der Waals surface area contributed by atoms with E-state index in [2.05, 4.69) is 18.6 Å². The maximum absolute atomic E-state index is 4.93. The maximum atomic E-state index is 4.93. The van der Waals surface area contributed by atoms with Crippen LogP contribution in [0.25, 0.3) is 0 Å². The van der Waals surface area contributed by atoms with Crippen molar-refractivity contribution in [2.45, 2.75) is 13.8 Å². The Morgan fingerprint density at radius 3 is 1.14 bits per heavy atom. The first kappa shape index (κ1) is 23.9. The summed E-state index contributed by atoms with van der Waals surface area (Å²) in [6, 6.07) is 19.7. The third-order valence-corrected chi connectivity index (χ3v) is 2.13. The molecule has 0 aliphatic carbocycles. The van der Waals surface area contributed by atoms with Crippen LogP contribution in [0.15, 0.2) is 60.7 Å². The average Bonchev–Trinajstić information content (AvgIpc) is 2.52. The van der Waals surface area contributed by atoms with Crippen LogP contribution in [0.1, 0.15) is 25.0 Å². The molecule has 2 aromatic carbocycles. The standard InChI is InChI=1S/2C7H7.C4H10O.2ClH.Zr/c2*1-7-5-3-2-4-6-7;1-3-5-4-2;;;/h2*2-6H,1H2;3-4H2,1-2H3;2*1H;/q2*-1;;;;+2/p-1. The average molecular weight is 420 g/mol. The van der Waals surface area contributed by atoms with Crippen molar-refractivity contribution in [1.82, 2.24) is 0 Å². The van der Waals surface area contributed by atoms with E-state index in [9.17, 15) is 0 Å². The van der Waals surface area contributed by atoms with Gasteiger partial charge in [-0.15, -0.1) is 24.3 Å². The number of hydrogen-bond acceptors (Lipinski definition) is 0. The number of hydrogen-bond donors (Lipinski definition) is 0. The zero-order chi connectivity index (χ0) is 17.1. The summed E-state index contributed by atoms with van der Waals surface area (Å²) in [6.07, 6.45) is 0. The summed E-state index contributed by atoms with van der Waals surface area (Å²) >= 11 is -0.826. The molecule has 0 bridgehead atoms. The molecule has 0 saturated heterocycles. The van der Waals surface area contributed by atoms with Crippen molar-refractivity contribution in [3.8, 4) is 0 Å². The summed E-state index contributed by atoms with van der Waals surface area (Å²) in [6.45, 7) is 13.5. The first-order chi connectivity index (χ1) is 10.6. The van der Waals surface area contributed by atoms with Gasteiger partial charge in [-0.05, 0) is 0 Å². The molecule has 0 amide bonds. The Labute approximate surface area is 154 Å². The van der Waals surface area contributed by atoms with Gasteiger partial charge in [-0.1, -0.05) is 12.1 Å². The summed E-state index contributed by atoms with van der Waals surface area (Å²) in [5.74, 6) is 0. The Morgan fingerprint density at radius 2 is 1.05 bits per heavy atom. The molecular formula is C18H25Cl2OZr-. The van der Waals surface area contributed by atoms with Crippen LogP contribution in [0.5, 0.6) is 0 Å². The molecule has 1 nitrogen and oxygen atoms in total. The summed E-state index contributed by atoms with van der Waals surface area (Å²) in [5, 5.41) is 0. The van der Waals surface area contributed by atoms with Crippen molar-refractivity contribution < 1.29 is 25.6 Å². The van der Waals surface area contributed by atoms with Gasteiger partial charge in [0.25, 0.3) is 0 Å². The van der Waals surface area contributed by atoms with Crippen LogP contribution in [-0.4, -0.2) is 18.0 Å². The Morgan fingerprint density at radius 1 is 0.773 bits per heavy atom. The second kappa shape index (κ2) is 20.6. The van der Waals surface area contributed by atoms with E-state index in [1.165, 1.54) is 0 Å². The van der Waals surface area contributed by atoms with E-state index in [-0.39, 0.29) is 0 Å². The fourth-order valence-electron chi connectivity index (χ4n) is 1.18. The normalized spacial score (nSPS) is 8.00. The fourth-order valence-corrected chi connectivity index (χ4v) is 1.18. The molecule has 1 N–H and O–H groups in total. The predicted octanol–water partition coefficient (Wildman–Crippen LogP) is 5.67. The van der Waals surface area contributed by atoms with Crippen LogP contribution in [0, 0.1) is 13.8 Å². The monoisotopic (exact) mass is 417 g/mol. The molecule has 22 heavy (non-hydrogen) atoms. The van der Waals surface area contributed by atoms with Gasteiger partial charge in [0.1, 0.15) is 13.2 Å². The number of ether oxygens (including phenoxy) is 1. The molecule has 0 saturated carbocycles. The van der Waals surface area contributed by atoms with Gasteiger partial charge in [-0.2, -0.15) is 49.2 Å². The summed E-state index contributed by atoms with van der Waals surface area (Å²) in [7, 11) is 9.87. The molecule has 0 radical (unpaired) electrons. The van der Waals surface area contributed by atoms with Crippen LogP contribution < -0.4 is 0 Å². The summed E-state index contributed by atoms with van der Waals surface area (Å²) < 4.78 is 3.97. The molecule has 2 rings (SSSR count). The van der Waals surface area contributed by atoms with Crippen LogP contribution in [0.3, 0.4) is 0 Å². The molecule has 0 spiro atoms. The molecule has 122 valence electrons. The van der Waals surface area contributed by atoms with E-state index in [1.807, 2.05) is 74.5 Å². The van der Waals surface area contributed by atoms with Gasteiger partial charge in [0.05, 0.1) is 0 Å². The van der Waals surface area contributed by atoms with Gasteiger partial charge in [0.15, 0.2) is 0 Å². The molecule has 0 aliphatic heterocycles. The van der Waals surface area contributed by atoms with Crippen molar-refractivity contribution in [3.63, 3.8) is 0 Å². The van der Waals surface area contributed by atoms with E-state index < -0.39 is 20.8 Å². The molecule has 0 fully saturated rings. The SMILES string of the molecule is CC[OH+]CC.[CH2-]c1ccccc1.[CH2-]c1ccccc1.[Cl][Zr][Cl]. The minimum atomic E-state index is -0.826. The molecule has 0 heterocycles. The van der Waals surface area contributed by atoms with Crippen LogP contribution in [0.4, 0.5) is 0 Å². The Bertz CT molecular complexity index is 370. The van der Waals surface area contributed by atoms with Crippen molar-refractivity contribution in [2.24, 2.45) is 0 Å². The molecule has 0 unspecified atom stereocenters. The fraction of sp³-hybridized carbons (Fsp3) is 0.222. The zero-order valence-corrected chi connectivity index (χ0v) is 17.3. The molecular weight excluding hydrogens is 394 g/mol. The third-order valence-electron chi connectivity index (χ3n) is 2.13. The van der Waals surface area contributed by atoms with E-state index in [0.717, 1.165) is 24.3 Å². The van der Waals surface area contributed by atoms with Gasteiger partial charge < -0.3 is 4.74 Å². The van der Waals surface area contributed by atoms with E-state index >= 15 is 0 Å². The van der Waals surface area contributed by atoms with E-state index in [0.29, 0.717) is 0 Å².